The number of hydrogen-bond acceptors (Lipinski definition) is 6. The number of amides is 2. The molecule has 0 aliphatic carbocycles. The first-order valence-electron chi connectivity index (χ1n) is 8.36. The summed E-state index contributed by atoms with van der Waals surface area (Å²) in [5, 5.41) is 18.6. The van der Waals surface area contributed by atoms with Crippen LogP contribution in [-0.2, 0) is 14.4 Å². The molecule has 0 radical (unpaired) electrons. The number of carbonyl (C=O) groups excluding carboxylic acids is 2. The Balaban J connectivity index is 1.64. The molecule has 1 aromatic rings. The van der Waals surface area contributed by atoms with Crippen LogP contribution in [0.25, 0.3) is 0 Å². The zero-order valence-electron chi connectivity index (χ0n) is 14.2. The van der Waals surface area contributed by atoms with Crippen molar-refractivity contribution in [3.05, 3.63) is 47.2 Å². The Labute approximate surface area is 158 Å². The number of thioether (sulfide) groups is 1. The van der Waals surface area contributed by atoms with Crippen molar-refractivity contribution in [2.24, 2.45) is 5.73 Å². The number of phenolic OH excluding ortho intramolecular Hbond substituents is 1. The maximum atomic E-state index is 12.7. The molecule has 2 fully saturated rings. The summed E-state index contributed by atoms with van der Waals surface area (Å²) < 4.78 is 0. The molecule has 0 spiro atoms. The number of carboxylic acid groups (broad SMARTS) is 1. The third kappa shape index (κ3) is 2.79. The number of hydrogen-bond donors (Lipinski definition) is 3. The second-order valence-electron chi connectivity index (χ2n) is 6.51. The van der Waals surface area contributed by atoms with E-state index in [1.807, 2.05) is 0 Å². The molecule has 1 aromatic carbocycles. The monoisotopic (exact) mass is 387 g/mol. The second-order valence-corrected chi connectivity index (χ2v) is 7.61. The van der Waals surface area contributed by atoms with Gasteiger partial charge in [0.2, 0.25) is 5.91 Å². The van der Waals surface area contributed by atoms with Crippen LogP contribution in [0.1, 0.15) is 6.42 Å². The van der Waals surface area contributed by atoms with E-state index in [-0.39, 0.29) is 22.7 Å². The Kier molecular flexibility index (Phi) is 4.20. The number of allylic oxidation sites excluding steroid dienone is 1. The van der Waals surface area contributed by atoms with Crippen molar-refractivity contribution in [1.82, 2.24) is 4.90 Å². The van der Waals surface area contributed by atoms with Crippen molar-refractivity contribution in [2.45, 2.75) is 17.8 Å². The van der Waals surface area contributed by atoms with Crippen LogP contribution in [0.2, 0.25) is 0 Å². The third-order valence-electron chi connectivity index (χ3n) is 4.88. The summed E-state index contributed by atoms with van der Waals surface area (Å²) >= 11 is 1.40. The summed E-state index contributed by atoms with van der Waals surface area (Å²) in [6.45, 7) is 0.467. The summed E-state index contributed by atoms with van der Waals surface area (Å²) in [6.07, 6.45) is 2.06. The Morgan fingerprint density at radius 1 is 1.26 bits per heavy atom. The average molecular weight is 387 g/mol. The molecule has 3 heterocycles. The highest BCUT2D eigenvalue weighted by Gasteiger charge is 2.51. The number of rotatable bonds is 3. The topological polar surface area (TPSA) is 124 Å². The summed E-state index contributed by atoms with van der Waals surface area (Å²) in [5.74, 6) is -1.34. The van der Waals surface area contributed by atoms with Gasteiger partial charge in [0.25, 0.3) is 5.91 Å². The fraction of sp³-hybridized carbons (Fsp3) is 0.278. The molecular formula is C18H17N3O5S. The molecule has 3 aliphatic rings. The number of nitrogens with two attached hydrogens (primary N) is 1. The number of aliphatic carboxylic acids is 1. The molecule has 0 bridgehead atoms. The van der Waals surface area contributed by atoms with Crippen LogP contribution >= 0.6 is 11.8 Å². The molecule has 0 saturated carbocycles. The van der Waals surface area contributed by atoms with Gasteiger partial charge >= 0.3 is 5.97 Å². The van der Waals surface area contributed by atoms with Crippen LogP contribution in [-0.4, -0.2) is 56.6 Å². The minimum atomic E-state index is -1.20. The quantitative estimate of drug-likeness (QED) is 0.513. The van der Waals surface area contributed by atoms with Crippen molar-refractivity contribution in [3.8, 4) is 5.75 Å². The van der Waals surface area contributed by atoms with Crippen molar-refractivity contribution in [3.63, 3.8) is 0 Å². The largest absolute Gasteiger partial charge is 0.508 e. The Bertz CT molecular complexity index is 908. The highest BCUT2D eigenvalue weighted by Crippen LogP contribution is 2.40. The van der Waals surface area contributed by atoms with Crippen molar-refractivity contribution < 1.29 is 24.6 Å². The number of aromatic hydroxyl groups is 1. The predicted octanol–water partition coefficient (Wildman–Crippen LogP) is 0.636. The first kappa shape index (κ1) is 17.6. The van der Waals surface area contributed by atoms with Gasteiger partial charge in [0.15, 0.2) is 0 Å². The summed E-state index contributed by atoms with van der Waals surface area (Å²) in [5.41, 5.74) is 7.25. The fourth-order valence-corrected chi connectivity index (χ4v) is 4.74. The van der Waals surface area contributed by atoms with E-state index in [9.17, 15) is 24.6 Å². The first-order chi connectivity index (χ1) is 12.9. The highest BCUT2D eigenvalue weighted by molar-refractivity contribution is 8.00. The molecular weight excluding hydrogens is 370 g/mol. The lowest BCUT2D eigenvalue weighted by atomic mass is 10.0. The summed E-state index contributed by atoms with van der Waals surface area (Å²) in [6, 6.07) is 5.63. The minimum absolute atomic E-state index is 0.0890. The lowest BCUT2D eigenvalue weighted by molar-refractivity contribution is -0.147. The van der Waals surface area contributed by atoms with Gasteiger partial charge in [0.1, 0.15) is 22.9 Å². The molecule has 2 atom stereocenters. The van der Waals surface area contributed by atoms with Gasteiger partial charge in [0.05, 0.1) is 0 Å². The summed E-state index contributed by atoms with van der Waals surface area (Å²) in [7, 11) is 0. The Morgan fingerprint density at radius 3 is 2.63 bits per heavy atom. The van der Waals surface area contributed by atoms with E-state index < -0.39 is 17.9 Å². The van der Waals surface area contributed by atoms with Crippen LogP contribution in [0.15, 0.2) is 47.2 Å². The highest BCUT2D eigenvalue weighted by atomic mass is 32.2. The summed E-state index contributed by atoms with van der Waals surface area (Å²) in [4.78, 5) is 39.3. The van der Waals surface area contributed by atoms with E-state index in [2.05, 4.69) is 0 Å². The SMILES string of the molecule is N[C@@H]1C(=O)N2C(C(=O)O)=C(/C=C3\CCN(c4ccc(O)cc4)C3=O)CS[C@H]12. The van der Waals surface area contributed by atoms with Crippen LogP contribution in [0.3, 0.4) is 0 Å². The van der Waals surface area contributed by atoms with Crippen LogP contribution in [0, 0.1) is 0 Å². The maximum absolute atomic E-state index is 12.7. The minimum Gasteiger partial charge on any atom is -0.508 e. The van der Waals surface area contributed by atoms with Gasteiger partial charge in [-0.15, -0.1) is 11.8 Å². The number of carbonyl (C=O) groups is 3. The van der Waals surface area contributed by atoms with Crippen molar-refractivity contribution in [1.29, 1.82) is 0 Å². The lowest BCUT2D eigenvalue weighted by Gasteiger charge is -2.47. The van der Waals surface area contributed by atoms with Gasteiger partial charge in [-0.2, -0.15) is 0 Å². The third-order valence-corrected chi connectivity index (χ3v) is 6.20. The molecule has 8 nitrogen and oxygen atoms in total. The van der Waals surface area contributed by atoms with Gasteiger partial charge in [0, 0.05) is 23.6 Å². The van der Waals surface area contributed by atoms with E-state index in [1.165, 1.54) is 28.8 Å². The molecule has 9 heteroatoms. The zero-order chi connectivity index (χ0) is 19.3. The maximum Gasteiger partial charge on any atom is 0.352 e. The molecule has 2 amide bonds. The van der Waals surface area contributed by atoms with Gasteiger partial charge in [-0.3, -0.25) is 14.5 Å². The second kappa shape index (κ2) is 6.43. The number of carboxylic acids is 1. The molecule has 4 rings (SSSR count). The molecule has 140 valence electrons. The van der Waals surface area contributed by atoms with Crippen LogP contribution in [0.4, 0.5) is 5.69 Å². The number of anilines is 1. The number of phenols is 1. The zero-order valence-corrected chi connectivity index (χ0v) is 15.0. The molecule has 27 heavy (non-hydrogen) atoms. The number of β-lactam (4-membered cyclic amide) rings is 1. The van der Waals surface area contributed by atoms with Gasteiger partial charge < -0.3 is 20.8 Å². The van der Waals surface area contributed by atoms with Crippen molar-refractivity contribution in [2.75, 3.05) is 17.2 Å². The standard InChI is InChI=1S/C18H17N3O5S/c19-13-16(24)21-14(18(25)26)10(8-27-17(13)21)7-9-5-6-20(15(9)23)11-1-3-12(22)4-2-11/h1-4,7,13,17,22H,5-6,8,19H2,(H,25,26)/b9-7+/t13-,17-/m1/s1. The average Bonchev–Trinajstić information content (AvgIpc) is 3.01. The number of benzene rings is 1. The number of nitrogens with zero attached hydrogens (tertiary/aromatic N) is 2. The fourth-order valence-electron chi connectivity index (χ4n) is 3.49. The van der Waals surface area contributed by atoms with Crippen molar-refractivity contribution >= 4 is 35.2 Å². The Morgan fingerprint density at radius 2 is 1.96 bits per heavy atom. The van der Waals surface area contributed by atoms with E-state index in [4.69, 9.17) is 5.73 Å². The van der Waals surface area contributed by atoms with E-state index in [0.717, 1.165) is 0 Å². The van der Waals surface area contributed by atoms with Gasteiger partial charge in [-0.25, -0.2) is 4.79 Å². The van der Waals surface area contributed by atoms with E-state index in [1.54, 1.807) is 23.1 Å². The molecule has 4 N–H and O–H groups in total. The van der Waals surface area contributed by atoms with Crippen LogP contribution in [0.5, 0.6) is 5.75 Å². The number of fused-ring (bicyclic) bond motifs is 1. The van der Waals surface area contributed by atoms with Crippen LogP contribution < -0.4 is 10.6 Å². The smallest absolute Gasteiger partial charge is 0.352 e. The normalized spacial score (nSPS) is 26.5. The van der Waals surface area contributed by atoms with Gasteiger partial charge in [-0.1, -0.05) is 0 Å². The molecule has 2 saturated heterocycles. The lowest BCUT2D eigenvalue weighted by Crippen LogP contribution is -2.68. The first-order valence-corrected chi connectivity index (χ1v) is 9.41. The molecule has 0 aromatic heterocycles. The molecule has 0 unspecified atom stereocenters. The Hall–Kier alpha value is -2.78. The van der Waals surface area contributed by atoms with E-state index >= 15 is 0 Å². The molecule has 3 aliphatic heterocycles. The van der Waals surface area contributed by atoms with E-state index in [0.29, 0.717) is 35.6 Å². The van der Waals surface area contributed by atoms with Gasteiger partial charge in [-0.05, 0) is 42.3 Å². The predicted molar refractivity (Wildman–Crippen MR) is 98.9 cm³/mol.